The lowest BCUT2D eigenvalue weighted by molar-refractivity contribution is 0.854. The van der Waals surface area contributed by atoms with Crippen LogP contribution in [0.4, 0.5) is 5.82 Å². The molecule has 2 N–H and O–H groups in total. The van der Waals surface area contributed by atoms with Crippen molar-refractivity contribution >= 4 is 34.9 Å². The molecule has 3 nitrogen and oxygen atoms in total. The van der Waals surface area contributed by atoms with E-state index in [0.29, 0.717) is 5.11 Å². The molecular weight excluding hydrogens is 310 g/mol. The number of hydrogen-bond donors (Lipinski definition) is 2. The summed E-state index contributed by atoms with van der Waals surface area (Å²) in [5, 5.41) is 6.94. The van der Waals surface area contributed by atoms with Crippen molar-refractivity contribution in [3.05, 3.63) is 53.7 Å². The molecule has 0 aliphatic carbocycles. The molecule has 0 spiro atoms. The van der Waals surface area contributed by atoms with Crippen LogP contribution in [-0.4, -0.2) is 22.4 Å². The van der Waals surface area contributed by atoms with E-state index in [2.05, 4.69) is 46.8 Å². The third-order valence-electron chi connectivity index (χ3n) is 3.05. The predicted molar refractivity (Wildman–Crippen MR) is 99.7 cm³/mol. The number of nitrogens with one attached hydrogen (secondary N) is 2. The molecule has 0 saturated heterocycles. The highest BCUT2D eigenvalue weighted by atomic mass is 32.2. The maximum Gasteiger partial charge on any atom is 0.171 e. The Balaban J connectivity index is 1.62. The van der Waals surface area contributed by atoms with Gasteiger partial charge in [-0.15, -0.1) is 11.8 Å². The van der Waals surface area contributed by atoms with Gasteiger partial charge in [-0.05, 0) is 68.1 Å². The summed E-state index contributed by atoms with van der Waals surface area (Å²) in [6, 6.07) is 12.6. The van der Waals surface area contributed by atoms with Crippen LogP contribution in [0.1, 0.15) is 17.5 Å². The molecule has 0 aliphatic heterocycles. The van der Waals surface area contributed by atoms with Crippen molar-refractivity contribution in [3.63, 3.8) is 0 Å². The number of nitrogens with zero attached hydrogens (tertiary/aromatic N) is 1. The molecule has 1 aromatic carbocycles. The number of thioether (sulfide) groups is 1. The minimum absolute atomic E-state index is 0.624. The molecule has 0 unspecified atom stereocenters. The van der Waals surface area contributed by atoms with E-state index in [1.807, 2.05) is 30.8 Å². The molecule has 1 heterocycles. The summed E-state index contributed by atoms with van der Waals surface area (Å²) < 4.78 is 0. The molecule has 2 rings (SSSR count). The summed E-state index contributed by atoms with van der Waals surface area (Å²) in [6.07, 6.45) is 2.83. The maximum absolute atomic E-state index is 5.27. The largest absolute Gasteiger partial charge is 0.362 e. The fourth-order valence-electron chi connectivity index (χ4n) is 1.86. The Kier molecular flexibility index (Phi) is 6.68. The zero-order valence-corrected chi connectivity index (χ0v) is 14.6. The van der Waals surface area contributed by atoms with Crippen LogP contribution in [0.25, 0.3) is 0 Å². The Labute approximate surface area is 141 Å². The Morgan fingerprint density at radius 2 is 1.91 bits per heavy atom. The van der Waals surface area contributed by atoms with Gasteiger partial charge >= 0.3 is 0 Å². The third kappa shape index (κ3) is 6.03. The molecule has 0 bridgehead atoms. The molecular formula is C17H21N3S2. The fraction of sp³-hybridized carbons (Fsp3) is 0.294. The molecule has 0 atom stereocenters. The molecule has 22 heavy (non-hydrogen) atoms. The lowest BCUT2D eigenvalue weighted by Crippen LogP contribution is -2.29. The average Bonchev–Trinajstić information content (AvgIpc) is 2.49. The first kappa shape index (κ1) is 16.8. The van der Waals surface area contributed by atoms with E-state index in [9.17, 15) is 0 Å². The van der Waals surface area contributed by atoms with Crippen LogP contribution in [-0.2, 0) is 0 Å². The first-order chi connectivity index (χ1) is 10.6. The third-order valence-corrected chi connectivity index (χ3v) is 4.40. The van der Waals surface area contributed by atoms with E-state index in [1.54, 1.807) is 6.20 Å². The number of benzene rings is 1. The molecule has 0 saturated carbocycles. The van der Waals surface area contributed by atoms with Gasteiger partial charge in [-0.1, -0.05) is 17.7 Å². The maximum atomic E-state index is 5.27. The van der Waals surface area contributed by atoms with Crippen LogP contribution < -0.4 is 10.6 Å². The summed E-state index contributed by atoms with van der Waals surface area (Å²) in [6.45, 7) is 5.00. The lowest BCUT2D eigenvalue weighted by Gasteiger charge is -2.10. The average molecular weight is 332 g/mol. The van der Waals surface area contributed by atoms with Crippen LogP contribution in [0.15, 0.2) is 47.5 Å². The highest BCUT2D eigenvalue weighted by molar-refractivity contribution is 7.99. The topological polar surface area (TPSA) is 37.0 Å². The van der Waals surface area contributed by atoms with Crippen molar-refractivity contribution in [1.82, 2.24) is 10.3 Å². The van der Waals surface area contributed by atoms with Crippen molar-refractivity contribution in [1.29, 1.82) is 0 Å². The Hall–Kier alpha value is -1.59. The Bertz CT molecular complexity index is 612. The van der Waals surface area contributed by atoms with Crippen molar-refractivity contribution in [2.75, 3.05) is 17.6 Å². The van der Waals surface area contributed by atoms with Crippen molar-refractivity contribution in [2.45, 2.75) is 25.2 Å². The van der Waals surface area contributed by atoms with Crippen LogP contribution >= 0.6 is 24.0 Å². The fourth-order valence-corrected chi connectivity index (χ4v) is 2.92. The molecule has 0 radical (unpaired) electrons. The zero-order valence-electron chi connectivity index (χ0n) is 12.9. The number of aryl methyl sites for hydroxylation is 2. The SMILES string of the molecule is Cc1ccc(SCCCNC(=S)Nc2cc(C)ccn2)cc1. The van der Waals surface area contributed by atoms with Gasteiger partial charge in [0.1, 0.15) is 5.82 Å². The molecule has 0 aliphatic rings. The standard InChI is InChI=1S/C17H21N3S2/c1-13-4-6-15(7-5-13)22-11-3-9-19-17(21)20-16-12-14(2)8-10-18-16/h4-8,10,12H,3,9,11H2,1-2H3,(H2,18,19,20,21). The van der Waals surface area contributed by atoms with Crippen LogP contribution in [0.2, 0.25) is 0 Å². The van der Waals surface area contributed by atoms with E-state index >= 15 is 0 Å². The summed E-state index contributed by atoms with van der Waals surface area (Å²) >= 11 is 7.14. The Morgan fingerprint density at radius 3 is 2.64 bits per heavy atom. The Morgan fingerprint density at radius 1 is 1.14 bits per heavy atom. The number of hydrogen-bond acceptors (Lipinski definition) is 3. The van der Waals surface area contributed by atoms with Crippen molar-refractivity contribution in [2.24, 2.45) is 0 Å². The zero-order chi connectivity index (χ0) is 15.8. The van der Waals surface area contributed by atoms with E-state index in [1.165, 1.54) is 10.5 Å². The van der Waals surface area contributed by atoms with Gasteiger partial charge in [0.05, 0.1) is 0 Å². The second-order valence-corrected chi connectivity index (χ2v) is 6.69. The first-order valence-corrected chi connectivity index (χ1v) is 8.70. The number of anilines is 1. The number of rotatable bonds is 6. The van der Waals surface area contributed by atoms with Gasteiger partial charge in [0, 0.05) is 17.6 Å². The van der Waals surface area contributed by atoms with E-state index < -0.39 is 0 Å². The second kappa shape index (κ2) is 8.76. The van der Waals surface area contributed by atoms with Gasteiger partial charge in [-0.25, -0.2) is 4.98 Å². The van der Waals surface area contributed by atoms with Crippen LogP contribution in [0.5, 0.6) is 0 Å². The molecule has 5 heteroatoms. The van der Waals surface area contributed by atoms with Crippen LogP contribution in [0.3, 0.4) is 0 Å². The van der Waals surface area contributed by atoms with Crippen molar-refractivity contribution in [3.8, 4) is 0 Å². The number of aromatic nitrogens is 1. The normalized spacial score (nSPS) is 10.3. The van der Waals surface area contributed by atoms with E-state index in [-0.39, 0.29) is 0 Å². The summed E-state index contributed by atoms with van der Waals surface area (Å²) in [4.78, 5) is 5.54. The summed E-state index contributed by atoms with van der Waals surface area (Å²) in [5.74, 6) is 1.85. The molecule has 2 aromatic rings. The van der Waals surface area contributed by atoms with Gasteiger partial charge in [0.15, 0.2) is 5.11 Å². The summed E-state index contributed by atoms with van der Waals surface area (Å²) in [5.41, 5.74) is 2.46. The van der Waals surface area contributed by atoms with Gasteiger partial charge in [-0.2, -0.15) is 0 Å². The first-order valence-electron chi connectivity index (χ1n) is 7.30. The minimum Gasteiger partial charge on any atom is -0.362 e. The van der Waals surface area contributed by atoms with Gasteiger partial charge in [0.25, 0.3) is 0 Å². The van der Waals surface area contributed by atoms with Crippen molar-refractivity contribution < 1.29 is 0 Å². The molecule has 1 aromatic heterocycles. The smallest absolute Gasteiger partial charge is 0.171 e. The van der Waals surface area contributed by atoms with Crippen LogP contribution in [0, 0.1) is 13.8 Å². The molecule has 0 fully saturated rings. The second-order valence-electron chi connectivity index (χ2n) is 5.11. The highest BCUT2D eigenvalue weighted by Crippen LogP contribution is 2.18. The molecule has 0 amide bonds. The minimum atomic E-state index is 0.624. The molecule has 116 valence electrons. The van der Waals surface area contributed by atoms with E-state index in [0.717, 1.165) is 30.1 Å². The quantitative estimate of drug-likeness (QED) is 0.472. The highest BCUT2D eigenvalue weighted by Gasteiger charge is 1.99. The summed E-state index contributed by atoms with van der Waals surface area (Å²) in [7, 11) is 0. The predicted octanol–water partition coefficient (Wildman–Crippen LogP) is 4.17. The monoisotopic (exact) mass is 331 g/mol. The van der Waals surface area contributed by atoms with Gasteiger partial charge < -0.3 is 10.6 Å². The van der Waals surface area contributed by atoms with Gasteiger partial charge in [0.2, 0.25) is 0 Å². The van der Waals surface area contributed by atoms with Gasteiger partial charge in [-0.3, -0.25) is 0 Å². The lowest BCUT2D eigenvalue weighted by atomic mass is 10.2. The number of pyridine rings is 1. The number of thiocarbonyl (C=S) groups is 1. The van der Waals surface area contributed by atoms with E-state index in [4.69, 9.17) is 12.2 Å².